The highest BCUT2D eigenvalue weighted by atomic mass is 32.2. The second-order valence-electron chi connectivity index (χ2n) is 6.29. The Morgan fingerprint density at radius 3 is 2.71 bits per heavy atom. The number of carbonyl (C=O) groups is 1. The van der Waals surface area contributed by atoms with Crippen LogP contribution in [0.2, 0.25) is 0 Å². The molecular formula is C22H17NO2S3. The first kappa shape index (κ1) is 19.1. The predicted octanol–water partition coefficient (Wildman–Crippen LogP) is 6.29. The Morgan fingerprint density at radius 2 is 1.93 bits per heavy atom. The largest absolute Gasteiger partial charge is 0.450 e. The first-order valence-electron chi connectivity index (χ1n) is 8.71. The number of aryl methyl sites for hydroxylation is 1. The van der Waals surface area contributed by atoms with E-state index in [1.54, 1.807) is 22.7 Å². The molecule has 28 heavy (non-hydrogen) atoms. The van der Waals surface area contributed by atoms with Crippen molar-refractivity contribution in [3.05, 3.63) is 88.5 Å². The third-order valence-electron chi connectivity index (χ3n) is 4.15. The van der Waals surface area contributed by atoms with Gasteiger partial charge in [0.05, 0.1) is 10.6 Å². The van der Waals surface area contributed by atoms with Crippen LogP contribution in [0, 0.1) is 6.92 Å². The lowest BCUT2D eigenvalue weighted by Crippen LogP contribution is -2.27. The van der Waals surface area contributed by atoms with Gasteiger partial charge in [-0.15, -0.1) is 0 Å². The molecule has 1 aliphatic rings. The highest BCUT2D eigenvalue weighted by Crippen LogP contribution is 2.37. The highest BCUT2D eigenvalue weighted by Gasteiger charge is 2.33. The van der Waals surface area contributed by atoms with Crippen LogP contribution in [0.15, 0.2) is 81.1 Å². The Hall–Kier alpha value is -2.28. The Labute approximate surface area is 177 Å². The van der Waals surface area contributed by atoms with Gasteiger partial charge in [0.25, 0.3) is 5.91 Å². The minimum atomic E-state index is -0.115. The molecule has 0 atom stereocenters. The molecule has 6 heteroatoms. The van der Waals surface area contributed by atoms with Gasteiger partial charge in [0.15, 0.2) is 9.41 Å². The Morgan fingerprint density at radius 1 is 1.11 bits per heavy atom. The molecule has 1 aromatic heterocycles. The third-order valence-corrected chi connectivity index (χ3v) is 6.44. The Bertz CT molecular complexity index is 1060. The topological polar surface area (TPSA) is 33.5 Å². The molecule has 3 aromatic rings. The Balaban J connectivity index is 1.48. The van der Waals surface area contributed by atoms with E-state index in [2.05, 4.69) is 12.1 Å². The summed E-state index contributed by atoms with van der Waals surface area (Å²) in [5, 5.41) is 0.823. The fourth-order valence-corrected chi connectivity index (χ4v) is 4.90. The van der Waals surface area contributed by atoms with E-state index < -0.39 is 0 Å². The molecule has 0 aliphatic carbocycles. The maximum absolute atomic E-state index is 12.9. The summed E-state index contributed by atoms with van der Waals surface area (Å²) >= 11 is 8.36. The molecule has 3 nitrogen and oxygen atoms in total. The van der Waals surface area contributed by atoms with Crippen LogP contribution in [-0.4, -0.2) is 10.2 Å². The summed E-state index contributed by atoms with van der Waals surface area (Å²) in [6.45, 7) is 1.99. The maximum Gasteiger partial charge on any atom is 0.270 e. The summed E-state index contributed by atoms with van der Waals surface area (Å²) in [6, 6.07) is 21.8. The van der Waals surface area contributed by atoms with Gasteiger partial charge in [-0.05, 0) is 42.3 Å². The lowest BCUT2D eigenvalue weighted by Gasteiger charge is -2.14. The molecule has 0 N–H and O–H groups in total. The van der Waals surface area contributed by atoms with E-state index in [1.807, 2.05) is 61.5 Å². The number of benzene rings is 2. The number of thiocarbonyl (C=S) groups is 1. The minimum Gasteiger partial charge on any atom is -0.450 e. The van der Waals surface area contributed by atoms with Crippen LogP contribution in [0.4, 0.5) is 5.69 Å². The van der Waals surface area contributed by atoms with Gasteiger partial charge in [0, 0.05) is 11.8 Å². The summed E-state index contributed by atoms with van der Waals surface area (Å²) < 4.78 is 6.40. The van der Waals surface area contributed by atoms with Gasteiger partial charge in [-0.1, -0.05) is 78.2 Å². The van der Waals surface area contributed by atoms with Gasteiger partial charge >= 0.3 is 0 Å². The number of thioether (sulfide) groups is 2. The van der Waals surface area contributed by atoms with Crippen LogP contribution in [0.1, 0.15) is 16.9 Å². The predicted molar refractivity (Wildman–Crippen MR) is 122 cm³/mol. The van der Waals surface area contributed by atoms with Crippen molar-refractivity contribution in [1.29, 1.82) is 0 Å². The van der Waals surface area contributed by atoms with Crippen LogP contribution in [0.3, 0.4) is 0 Å². The smallest absolute Gasteiger partial charge is 0.270 e. The van der Waals surface area contributed by atoms with Crippen molar-refractivity contribution in [2.45, 2.75) is 17.8 Å². The number of anilines is 1. The normalized spacial score (nSPS) is 15.6. The SMILES string of the molecule is Cc1cccc(N2C(=O)C(=Cc3ccc(SCc4ccccc4)o3)SC2=S)c1. The third kappa shape index (κ3) is 4.24. The molecule has 0 unspecified atom stereocenters. The first-order valence-corrected chi connectivity index (χ1v) is 10.9. The molecule has 1 fully saturated rings. The minimum absolute atomic E-state index is 0.115. The zero-order valence-corrected chi connectivity index (χ0v) is 17.6. The number of furan rings is 1. The quantitative estimate of drug-likeness (QED) is 0.274. The fourth-order valence-electron chi connectivity index (χ4n) is 2.80. The molecule has 0 spiro atoms. The zero-order valence-electron chi connectivity index (χ0n) is 15.1. The number of amides is 1. The van der Waals surface area contributed by atoms with Crippen molar-refractivity contribution in [1.82, 2.24) is 0 Å². The van der Waals surface area contributed by atoms with Crippen LogP contribution < -0.4 is 4.90 Å². The molecule has 0 saturated carbocycles. The number of carbonyl (C=O) groups excluding carboxylic acids is 1. The van der Waals surface area contributed by atoms with Gasteiger partial charge in [0.1, 0.15) is 5.76 Å². The van der Waals surface area contributed by atoms with Gasteiger partial charge in [0.2, 0.25) is 0 Å². The molecule has 2 heterocycles. The van der Waals surface area contributed by atoms with Crippen molar-refractivity contribution in [2.24, 2.45) is 0 Å². The standard InChI is InChI=1S/C22H17NO2S3/c1-15-6-5-9-17(12-15)23-21(24)19(28-22(23)26)13-18-10-11-20(25-18)27-14-16-7-3-2-4-8-16/h2-13H,14H2,1H3. The van der Waals surface area contributed by atoms with E-state index in [0.717, 1.165) is 22.1 Å². The highest BCUT2D eigenvalue weighted by molar-refractivity contribution is 8.27. The molecule has 1 saturated heterocycles. The molecular weight excluding hydrogens is 406 g/mol. The van der Waals surface area contributed by atoms with Crippen molar-refractivity contribution in [3.63, 3.8) is 0 Å². The lowest BCUT2D eigenvalue weighted by molar-refractivity contribution is -0.113. The molecule has 140 valence electrons. The van der Waals surface area contributed by atoms with Crippen molar-refractivity contribution in [3.8, 4) is 0 Å². The maximum atomic E-state index is 12.9. The van der Waals surface area contributed by atoms with E-state index in [4.69, 9.17) is 16.6 Å². The van der Waals surface area contributed by atoms with Crippen molar-refractivity contribution < 1.29 is 9.21 Å². The summed E-state index contributed by atoms with van der Waals surface area (Å²) in [6.07, 6.45) is 1.77. The van der Waals surface area contributed by atoms with Crippen LogP contribution in [0.5, 0.6) is 0 Å². The van der Waals surface area contributed by atoms with Crippen molar-refractivity contribution >= 4 is 57.7 Å². The van der Waals surface area contributed by atoms with Crippen molar-refractivity contribution in [2.75, 3.05) is 4.90 Å². The Kier molecular flexibility index (Phi) is 5.71. The van der Waals surface area contributed by atoms with Crippen LogP contribution in [0.25, 0.3) is 6.08 Å². The van der Waals surface area contributed by atoms with Gasteiger partial charge < -0.3 is 4.42 Å². The number of nitrogens with zero attached hydrogens (tertiary/aromatic N) is 1. The average Bonchev–Trinajstić information content (AvgIpc) is 3.25. The fraction of sp³-hybridized carbons (Fsp3) is 0.0909. The average molecular weight is 424 g/mol. The molecule has 1 aliphatic heterocycles. The second kappa shape index (κ2) is 8.39. The molecule has 1 amide bonds. The second-order valence-corrected chi connectivity index (χ2v) is 8.94. The zero-order chi connectivity index (χ0) is 19.5. The van der Waals surface area contributed by atoms with E-state index in [9.17, 15) is 4.79 Å². The summed E-state index contributed by atoms with van der Waals surface area (Å²) in [4.78, 5) is 15.0. The van der Waals surface area contributed by atoms with E-state index in [0.29, 0.717) is 15.0 Å². The van der Waals surface area contributed by atoms with E-state index >= 15 is 0 Å². The summed E-state index contributed by atoms with van der Waals surface area (Å²) in [5.41, 5.74) is 3.12. The number of rotatable bonds is 5. The van der Waals surface area contributed by atoms with Gasteiger partial charge in [-0.3, -0.25) is 9.69 Å². The monoisotopic (exact) mass is 423 g/mol. The van der Waals surface area contributed by atoms with Gasteiger partial charge in [-0.2, -0.15) is 0 Å². The molecule has 0 radical (unpaired) electrons. The van der Waals surface area contributed by atoms with E-state index in [1.165, 1.54) is 17.3 Å². The molecule has 0 bridgehead atoms. The summed E-state index contributed by atoms with van der Waals surface area (Å²) in [5.74, 6) is 1.37. The molecule has 4 rings (SSSR count). The number of hydrogen-bond donors (Lipinski definition) is 0. The first-order chi connectivity index (χ1) is 13.6. The molecule has 2 aromatic carbocycles. The van der Waals surface area contributed by atoms with Gasteiger partial charge in [-0.25, -0.2) is 0 Å². The van der Waals surface area contributed by atoms with Crippen LogP contribution in [-0.2, 0) is 10.5 Å². The summed E-state index contributed by atoms with van der Waals surface area (Å²) in [7, 11) is 0. The van der Waals surface area contributed by atoms with Crippen LogP contribution >= 0.6 is 35.7 Å². The lowest BCUT2D eigenvalue weighted by atomic mass is 10.2. The number of hydrogen-bond acceptors (Lipinski definition) is 5. The van der Waals surface area contributed by atoms with E-state index in [-0.39, 0.29) is 5.91 Å².